The molecule has 0 fully saturated rings. The Morgan fingerprint density at radius 1 is 1.86 bits per heavy atom. The maximum Gasteiger partial charge on any atom is 0.320 e. The molecule has 0 unspecified atom stereocenters. The molecule has 6 nitrogen and oxygen atoms in total. The predicted molar refractivity (Wildman–Crippen MR) is 57.6 cm³/mol. The third-order valence-electron chi connectivity index (χ3n) is 0.916. The van der Waals surface area contributed by atoms with Gasteiger partial charge in [0.05, 0.1) is 4.11 Å². The summed E-state index contributed by atoms with van der Waals surface area (Å²) < 4.78 is 52.1. The molecule has 0 aromatic heterocycles. The first-order valence-corrected chi connectivity index (χ1v) is 3.20. The molecule has 0 aliphatic heterocycles. The van der Waals surface area contributed by atoms with Crippen molar-refractivity contribution in [1.29, 1.82) is 0 Å². The fraction of sp³-hybridized carbons (Fsp3) is 0.714. The number of rotatable bonds is 5. The zero-order valence-corrected chi connectivity index (χ0v) is 8.18. The number of hydrogen-bond donors (Lipinski definition) is 4. The predicted octanol–water partition coefficient (Wildman–Crippen LogP) is -0.866. The summed E-state index contributed by atoms with van der Waals surface area (Å²) in [5, 5.41) is 10.9. The molecule has 0 spiro atoms. The van der Waals surface area contributed by atoms with Gasteiger partial charge in [0.15, 0.2) is 5.96 Å². The summed E-state index contributed by atoms with van der Waals surface area (Å²) in [6.07, 6.45) is -7.15. The fourth-order valence-corrected chi connectivity index (χ4v) is 0.293. The number of halogens is 1. The van der Waals surface area contributed by atoms with Gasteiger partial charge in [-0.3, -0.25) is 9.79 Å². The van der Waals surface area contributed by atoms with Gasteiger partial charge in [0.25, 0.3) is 0 Å². The standard InChI is InChI=1S/C7H16N4O2.ClH/c1-10-7(9)11-4-2-3-5(8)6(12)13;/h5H,2-4,8H2,1H3,(H,12,13)(H3,9,10,11);1H/t5-;/m0./s1/i2D2,3D2,4D2,5D;. The Morgan fingerprint density at radius 2 is 2.43 bits per heavy atom. The highest BCUT2D eigenvalue weighted by atomic mass is 35.5. The first kappa shape index (κ1) is 5.77. The third-order valence-corrected chi connectivity index (χ3v) is 0.916. The number of guanidine groups is 1. The van der Waals surface area contributed by atoms with Crippen LogP contribution in [0.15, 0.2) is 4.99 Å². The van der Waals surface area contributed by atoms with Gasteiger partial charge in [0.1, 0.15) is 6.02 Å². The maximum absolute atomic E-state index is 10.8. The van der Waals surface area contributed by atoms with Gasteiger partial charge in [-0.2, -0.15) is 0 Å². The molecule has 0 aliphatic carbocycles. The molecule has 0 aliphatic rings. The second kappa shape index (κ2) is 8.58. The Balaban J connectivity index is 0. The van der Waals surface area contributed by atoms with Crippen molar-refractivity contribution in [2.24, 2.45) is 16.5 Å². The van der Waals surface area contributed by atoms with Crippen LogP contribution in [0.4, 0.5) is 0 Å². The van der Waals surface area contributed by atoms with E-state index in [1.54, 1.807) is 0 Å². The Labute approximate surface area is 99.0 Å². The van der Waals surface area contributed by atoms with Crippen molar-refractivity contribution >= 4 is 24.3 Å². The average molecular weight is 232 g/mol. The summed E-state index contributed by atoms with van der Waals surface area (Å²) >= 11 is 0. The minimum Gasteiger partial charge on any atom is -0.480 e. The molecular weight excluding hydrogens is 208 g/mol. The zero-order chi connectivity index (χ0) is 16.6. The molecule has 0 aromatic carbocycles. The van der Waals surface area contributed by atoms with Gasteiger partial charge in [0.2, 0.25) is 0 Å². The number of nitrogens with one attached hydrogen (secondary N) is 1. The molecule has 84 valence electrons. The summed E-state index contributed by atoms with van der Waals surface area (Å²) in [6.45, 7) is -3.26. The first-order chi connectivity index (χ1) is 8.65. The summed E-state index contributed by atoms with van der Waals surface area (Å²) in [4.78, 5) is 13.9. The molecule has 0 saturated heterocycles. The second-order valence-electron chi connectivity index (χ2n) is 1.83. The summed E-state index contributed by atoms with van der Waals surface area (Å²) in [6, 6.07) is -3.42. The van der Waals surface area contributed by atoms with Crippen LogP contribution < -0.4 is 16.8 Å². The zero-order valence-electron chi connectivity index (χ0n) is 14.4. The summed E-state index contributed by atoms with van der Waals surface area (Å²) in [5.74, 6) is -2.68. The first-order valence-electron chi connectivity index (χ1n) is 6.70. The van der Waals surface area contributed by atoms with E-state index in [2.05, 4.69) is 10.3 Å². The van der Waals surface area contributed by atoms with E-state index >= 15 is 0 Å². The van der Waals surface area contributed by atoms with E-state index < -0.39 is 37.2 Å². The fourth-order valence-electron chi connectivity index (χ4n) is 0.293. The van der Waals surface area contributed by atoms with Crippen molar-refractivity contribution in [3.8, 4) is 0 Å². The van der Waals surface area contributed by atoms with E-state index in [4.69, 9.17) is 26.2 Å². The molecule has 0 saturated carbocycles. The molecule has 0 bridgehead atoms. The molecule has 6 N–H and O–H groups in total. The molecular formula is C7H17ClN4O2. The average Bonchev–Trinajstić information content (AvgIpc) is 2.27. The van der Waals surface area contributed by atoms with Crippen LogP contribution in [0, 0.1) is 0 Å². The van der Waals surface area contributed by atoms with E-state index in [1.807, 2.05) is 0 Å². The Hall–Kier alpha value is -1.01. The lowest BCUT2D eigenvalue weighted by Gasteiger charge is -2.04. The van der Waals surface area contributed by atoms with Gasteiger partial charge in [-0.25, -0.2) is 0 Å². The molecule has 0 radical (unpaired) electrons. The van der Waals surface area contributed by atoms with Gasteiger partial charge in [0, 0.05) is 19.0 Å². The van der Waals surface area contributed by atoms with Crippen LogP contribution in [0.5, 0.6) is 0 Å². The second-order valence-corrected chi connectivity index (χ2v) is 1.83. The number of carboxylic acid groups (broad SMARTS) is 1. The number of carboxylic acids is 1. The molecule has 0 aromatic rings. The monoisotopic (exact) mass is 231 g/mol. The van der Waals surface area contributed by atoms with Crippen LogP contribution in [0.3, 0.4) is 0 Å². The quantitative estimate of drug-likeness (QED) is 0.363. The normalized spacial score (nSPS) is 25.6. The summed E-state index contributed by atoms with van der Waals surface area (Å²) in [5.41, 5.74) is 10.2. The van der Waals surface area contributed by atoms with Crippen LogP contribution in [-0.4, -0.2) is 36.6 Å². The minimum atomic E-state index is -3.60. The highest BCUT2D eigenvalue weighted by molar-refractivity contribution is 5.85. The lowest BCUT2D eigenvalue weighted by atomic mass is 10.2. The molecule has 0 amide bonds. The van der Waals surface area contributed by atoms with Crippen LogP contribution in [0.1, 0.15) is 22.3 Å². The molecule has 14 heavy (non-hydrogen) atoms. The van der Waals surface area contributed by atoms with Gasteiger partial charge < -0.3 is 21.9 Å². The van der Waals surface area contributed by atoms with Crippen LogP contribution >= 0.6 is 12.4 Å². The van der Waals surface area contributed by atoms with E-state index in [0.717, 1.165) is 0 Å². The minimum absolute atomic E-state index is 0. The van der Waals surface area contributed by atoms with Crippen LogP contribution in [0.25, 0.3) is 0 Å². The molecule has 7 heteroatoms. The number of nitrogens with two attached hydrogens (primary N) is 2. The van der Waals surface area contributed by atoms with E-state index in [9.17, 15) is 4.79 Å². The van der Waals surface area contributed by atoms with Crippen molar-refractivity contribution in [2.75, 3.05) is 13.5 Å². The largest absolute Gasteiger partial charge is 0.480 e. The van der Waals surface area contributed by atoms with Crippen molar-refractivity contribution in [3.63, 3.8) is 0 Å². The Morgan fingerprint density at radius 3 is 2.86 bits per heavy atom. The summed E-state index contributed by atoms with van der Waals surface area (Å²) in [7, 11) is 1.27. The highest BCUT2D eigenvalue weighted by Crippen LogP contribution is 1.94. The van der Waals surface area contributed by atoms with Crippen LogP contribution in [0.2, 0.25) is 0 Å². The molecule has 1 atom stereocenters. The van der Waals surface area contributed by atoms with Crippen molar-refractivity contribution in [2.45, 2.75) is 18.8 Å². The molecule has 0 heterocycles. The lowest BCUT2D eigenvalue weighted by molar-refractivity contribution is -0.138. The smallest absolute Gasteiger partial charge is 0.320 e. The van der Waals surface area contributed by atoms with Gasteiger partial charge >= 0.3 is 5.97 Å². The maximum atomic E-state index is 10.8. The van der Waals surface area contributed by atoms with E-state index in [0.29, 0.717) is 0 Å². The number of aliphatic carboxylic acids is 1. The highest BCUT2D eigenvalue weighted by Gasteiger charge is 2.09. The van der Waals surface area contributed by atoms with Gasteiger partial charge in [-0.15, -0.1) is 12.4 Å². The van der Waals surface area contributed by atoms with Crippen LogP contribution in [-0.2, 0) is 4.79 Å². The number of aliphatic imine (C=N–C) groups is 1. The third kappa shape index (κ3) is 7.63. The van der Waals surface area contributed by atoms with E-state index in [-0.39, 0.29) is 12.4 Å². The van der Waals surface area contributed by atoms with Gasteiger partial charge in [-0.1, -0.05) is 0 Å². The van der Waals surface area contributed by atoms with Crippen molar-refractivity contribution in [1.82, 2.24) is 5.32 Å². The Kier molecular flexibility index (Phi) is 3.54. The van der Waals surface area contributed by atoms with Crippen molar-refractivity contribution < 1.29 is 19.5 Å². The number of nitrogens with zero attached hydrogens (tertiary/aromatic N) is 1. The molecule has 0 rings (SSSR count). The SMILES string of the molecule is Cl.[2H]C([2H])(N=C(N)NC)C([2H])([2H])C([2H])([2H])[C@]([2H])(N)C(=O)O. The number of hydrogen-bond acceptors (Lipinski definition) is 3. The van der Waals surface area contributed by atoms with Crippen molar-refractivity contribution in [3.05, 3.63) is 0 Å². The van der Waals surface area contributed by atoms with E-state index in [1.165, 1.54) is 7.05 Å². The topological polar surface area (TPSA) is 114 Å². The lowest BCUT2D eigenvalue weighted by Crippen LogP contribution is -2.30. The Bertz CT molecular complexity index is 429. The number of carbonyl (C=O) groups is 1. The van der Waals surface area contributed by atoms with Gasteiger partial charge in [-0.05, 0) is 12.7 Å².